The van der Waals surface area contributed by atoms with E-state index in [0.717, 1.165) is 77.0 Å². The maximum atomic E-state index is 12.5. The molecule has 0 saturated carbocycles. The van der Waals surface area contributed by atoms with E-state index in [2.05, 4.69) is 43.5 Å². The molecule has 0 aliphatic carbocycles. The molecule has 0 fully saturated rings. The third-order valence-corrected chi connectivity index (χ3v) is 15.9. The van der Waals surface area contributed by atoms with Crippen LogP contribution in [0.25, 0.3) is 0 Å². The Hall–Kier alpha value is -1.92. The van der Waals surface area contributed by atoms with E-state index in [1.54, 1.807) is 6.08 Å². The SMILES string of the molecule is CCCCCCCCCCCCCCCCCCCCCCCC/C=C/C(O)C(CO)NC(=O)CCCCCCCCCCCC/C=C\C=C/CCCCCOC(=O)CCCCCCCCCCCCCCCCCC. The van der Waals surface area contributed by atoms with Crippen molar-refractivity contribution >= 4 is 11.9 Å². The highest BCUT2D eigenvalue weighted by Gasteiger charge is 2.18. The first kappa shape index (κ1) is 74.1. The number of carbonyl (C=O) groups is 2. The van der Waals surface area contributed by atoms with Gasteiger partial charge in [0.25, 0.3) is 0 Å². The average Bonchev–Trinajstić information content (AvgIpc) is 3.42. The molecule has 76 heavy (non-hydrogen) atoms. The molecule has 0 aromatic heterocycles. The summed E-state index contributed by atoms with van der Waals surface area (Å²) in [6.45, 7) is 4.90. The molecule has 0 spiro atoms. The van der Waals surface area contributed by atoms with E-state index >= 15 is 0 Å². The number of rotatable bonds is 64. The summed E-state index contributed by atoms with van der Waals surface area (Å²) in [7, 11) is 0. The zero-order chi connectivity index (χ0) is 55.0. The predicted octanol–water partition coefficient (Wildman–Crippen LogP) is 21.9. The van der Waals surface area contributed by atoms with Crippen molar-refractivity contribution in [3.05, 3.63) is 36.5 Å². The Morgan fingerprint density at radius 2 is 0.645 bits per heavy atom. The number of nitrogens with one attached hydrogen (secondary N) is 1. The van der Waals surface area contributed by atoms with Gasteiger partial charge in [-0.3, -0.25) is 9.59 Å². The van der Waals surface area contributed by atoms with Gasteiger partial charge in [0.15, 0.2) is 0 Å². The monoisotopic (exact) mass is 1070 g/mol. The third-order valence-electron chi connectivity index (χ3n) is 15.9. The number of aliphatic hydroxyl groups excluding tert-OH is 2. The van der Waals surface area contributed by atoms with Crippen LogP contribution in [0.2, 0.25) is 0 Å². The highest BCUT2D eigenvalue weighted by atomic mass is 16.5. The first-order valence-electron chi connectivity index (χ1n) is 34.3. The average molecular weight is 1070 g/mol. The van der Waals surface area contributed by atoms with Crippen molar-refractivity contribution in [1.82, 2.24) is 5.32 Å². The van der Waals surface area contributed by atoms with Gasteiger partial charge in [0, 0.05) is 12.8 Å². The molecule has 0 aliphatic rings. The second-order valence-corrected chi connectivity index (χ2v) is 23.5. The van der Waals surface area contributed by atoms with Gasteiger partial charge in [-0.1, -0.05) is 333 Å². The summed E-state index contributed by atoms with van der Waals surface area (Å²) >= 11 is 0. The Morgan fingerprint density at radius 3 is 0.974 bits per heavy atom. The lowest BCUT2D eigenvalue weighted by Gasteiger charge is -2.20. The zero-order valence-corrected chi connectivity index (χ0v) is 51.3. The number of hydrogen-bond acceptors (Lipinski definition) is 5. The van der Waals surface area contributed by atoms with Crippen LogP contribution < -0.4 is 5.32 Å². The van der Waals surface area contributed by atoms with E-state index in [1.165, 1.54) is 270 Å². The molecule has 0 aromatic carbocycles. The van der Waals surface area contributed by atoms with Crippen molar-refractivity contribution < 1.29 is 24.5 Å². The quantitative estimate of drug-likeness (QED) is 0.0244. The number of amides is 1. The van der Waals surface area contributed by atoms with Crippen molar-refractivity contribution in [3.63, 3.8) is 0 Å². The molecule has 0 radical (unpaired) electrons. The third kappa shape index (κ3) is 61.3. The van der Waals surface area contributed by atoms with E-state index < -0.39 is 12.1 Å². The number of unbranched alkanes of at least 4 members (excludes halogenated alkanes) is 50. The first-order chi connectivity index (χ1) is 37.5. The van der Waals surface area contributed by atoms with Crippen LogP contribution in [-0.4, -0.2) is 47.4 Å². The van der Waals surface area contributed by atoms with Crippen LogP contribution in [0, 0.1) is 0 Å². The van der Waals surface area contributed by atoms with E-state index in [0.29, 0.717) is 19.4 Å². The summed E-state index contributed by atoms with van der Waals surface area (Å²) in [5, 5.41) is 23.3. The van der Waals surface area contributed by atoms with E-state index in [1.807, 2.05) is 6.08 Å². The Bertz CT molecular complexity index is 1230. The number of hydrogen-bond donors (Lipinski definition) is 3. The molecule has 2 atom stereocenters. The minimum Gasteiger partial charge on any atom is -0.466 e. The summed E-state index contributed by atoms with van der Waals surface area (Å²) in [5.41, 5.74) is 0. The fourth-order valence-electron chi connectivity index (χ4n) is 10.7. The lowest BCUT2D eigenvalue weighted by atomic mass is 10.0. The standard InChI is InChI=1S/C70H133NO5/c1-3-5-7-9-11-13-15-17-19-21-22-23-24-25-26-28-31-34-38-42-46-50-54-58-62-68(73)67(66-72)71-69(74)63-59-55-51-47-43-39-35-32-29-27-30-33-37-41-45-49-53-57-61-65-76-70(75)64-60-56-52-48-44-40-36-20-18-16-14-12-10-8-6-4-2/h33,37,41,45,58,62,67-68,72-73H,3-32,34-36,38-40,42-44,46-57,59-61,63-66H2,1-2H3,(H,71,74)/b37-33-,45-41-,62-58+. The van der Waals surface area contributed by atoms with Crippen LogP contribution in [0.5, 0.6) is 0 Å². The minimum absolute atomic E-state index is 0.0100. The van der Waals surface area contributed by atoms with Gasteiger partial charge in [0.05, 0.1) is 25.4 Å². The summed E-state index contributed by atoms with van der Waals surface area (Å²) in [6, 6.07) is -0.637. The fraction of sp³-hybridized carbons (Fsp3) is 0.886. The largest absolute Gasteiger partial charge is 0.466 e. The topological polar surface area (TPSA) is 95.9 Å². The Morgan fingerprint density at radius 1 is 0.368 bits per heavy atom. The maximum absolute atomic E-state index is 12.5. The molecule has 2 unspecified atom stereocenters. The molecule has 0 rings (SSSR count). The number of ether oxygens (including phenoxy) is 1. The molecule has 0 aliphatic heterocycles. The molecule has 0 aromatic rings. The molecule has 3 N–H and O–H groups in total. The van der Waals surface area contributed by atoms with E-state index in [-0.39, 0.29) is 18.5 Å². The number of carbonyl (C=O) groups excluding carboxylic acids is 2. The summed E-state index contributed by atoms with van der Waals surface area (Å²) < 4.78 is 5.47. The van der Waals surface area contributed by atoms with Gasteiger partial charge in [0.1, 0.15) is 0 Å². The van der Waals surface area contributed by atoms with Crippen molar-refractivity contribution in [3.8, 4) is 0 Å². The Balaban J connectivity index is 3.48. The van der Waals surface area contributed by atoms with Crippen LogP contribution in [-0.2, 0) is 14.3 Å². The predicted molar refractivity (Wildman–Crippen MR) is 333 cm³/mol. The molecule has 6 heteroatoms. The normalized spacial score (nSPS) is 12.7. The summed E-state index contributed by atoms with van der Waals surface area (Å²) in [6.07, 6.45) is 83.5. The number of allylic oxidation sites excluding steroid dienone is 5. The van der Waals surface area contributed by atoms with E-state index in [4.69, 9.17) is 4.74 Å². The van der Waals surface area contributed by atoms with Crippen LogP contribution in [0.15, 0.2) is 36.5 Å². The highest BCUT2D eigenvalue weighted by molar-refractivity contribution is 5.76. The molecule has 0 heterocycles. The van der Waals surface area contributed by atoms with Gasteiger partial charge in [0.2, 0.25) is 5.91 Å². The molecular weight excluding hydrogens is 935 g/mol. The number of esters is 1. The second-order valence-electron chi connectivity index (χ2n) is 23.5. The Labute approximate surface area is 474 Å². The molecule has 0 bridgehead atoms. The van der Waals surface area contributed by atoms with Crippen molar-refractivity contribution in [2.75, 3.05) is 13.2 Å². The molecular formula is C70H133NO5. The van der Waals surface area contributed by atoms with Crippen LogP contribution >= 0.6 is 0 Å². The Kier molecular flexibility index (Phi) is 63.9. The van der Waals surface area contributed by atoms with Gasteiger partial charge in [-0.2, -0.15) is 0 Å². The van der Waals surface area contributed by atoms with Crippen molar-refractivity contribution in [2.45, 2.75) is 386 Å². The van der Waals surface area contributed by atoms with Crippen molar-refractivity contribution in [1.29, 1.82) is 0 Å². The summed E-state index contributed by atoms with van der Waals surface area (Å²) in [5.74, 6) is -0.0842. The van der Waals surface area contributed by atoms with Gasteiger partial charge in [-0.25, -0.2) is 0 Å². The lowest BCUT2D eigenvalue weighted by molar-refractivity contribution is -0.143. The molecule has 0 saturated heterocycles. The van der Waals surface area contributed by atoms with Crippen LogP contribution in [0.3, 0.4) is 0 Å². The van der Waals surface area contributed by atoms with Gasteiger partial charge >= 0.3 is 5.97 Å². The molecule has 1 amide bonds. The van der Waals surface area contributed by atoms with Crippen LogP contribution in [0.4, 0.5) is 0 Å². The highest BCUT2D eigenvalue weighted by Crippen LogP contribution is 2.18. The minimum atomic E-state index is -0.853. The second kappa shape index (κ2) is 65.6. The fourth-order valence-corrected chi connectivity index (χ4v) is 10.7. The van der Waals surface area contributed by atoms with Gasteiger partial charge in [-0.05, 0) is 64.2 Å². The maximum Gasteiger partial charge on any atom is 0.305 e. The summed E-state index contributed by atoms with van der Waals surface area (Å²) in [4.78, 5) is 24.6. The smallest absolute Gasteiger partial charge is 0.305 e. The molecule has 448 valence electrons. The molecule has 6 nitrogen and oxygen atoms in total. The van der Waals surface area contributed by atoms with Crippen LogP contribution in [0.1, 0.15) is 373 Å². The van der Waals surface area contributed by atoms with E-state index in [9.17, 15) is 19.8 Å². The van der Waals surface area contributed by atoms with Gasteiger partial charge in [-0.15, -0.1) is 0 Å². The zero-order valence-electron chi connectivity index (χ0n) is 51.3. The van der Waals surface area contributed by atoms with Gasteiger partial charge < -0.3 is 20.3 Å². The lowest BCUT2D eigenvalue weighted by Crippen LogP contribution is -2.45. The van der Waals surface area contributed by atoms with Crippen molar-refractivity contribution in [2.24, 2.45) is 0 Å². The number of aliphatic hydroxyl groups is 2. The first-order valence-corrected chi connectivity index (χ1v) is 34.3.